The van der Waals surface area contributed by atoms with E-state index in [0.717, 1.165) is 35.2 Å². The molecule has 0 atom stereocenters. The molecule has 3 aromatic heterocycles. The van der Waals surface area contributed by atoms with E-state index in [1.165, 1.54) is 24.3 Å². The summed E-state index contributed by atoms with van der Waals surface area (Å²) in [5.74, 6) is -1.49. The molecule has 0 aliphatic carbocycles. The molecule has 3 heterocycles. The summed E-state index contributed by atoms with van der Waals surface area (Å²) in [4.78, 5) is 21.7. The highest BCUT2D eigenvalue weighted by molar-refractivity contribution is 6.06. The summed E-state index contributed by atoms with van der Waals surface area (Å²) in [6.07, 6.45) is 0.429. The Hall–Kier alpha value is -4.53. The van der Waals surface area contributed by atoms with Gasteiger partial charge in [0.2, 0.25) is 0 Å². The first-order valence-corrected chi connectivity index (χ1v) is 10.9. The number of alkyl halides is 3. The maximum atomic E-state index is 13.8. The van der Waals surface area contributed by atoms with Gasteiger partial charge in [-0.15, -0.1) is 0 Å². The SMILES string of the molecule is Cc1nc2c(-c3ccc(C(F)(F)F)c(C(=O)Nc4ccc(F)cc4)c3)cccn2c1-c1cccnc1. The normalized spacial score (nSPS) is 11.6. The third-order valence-corrected chi connectivity index (χ3v) is 5.74. The van der Waals surface area contributed by atoms with Crippen LogP contribution in [0.4, 0.5) is 23.2 Å². The van der Waals surface area contributed by atoms with Crippen molar-refractivity contribution in [3.8, 4) is 22.4 Å². The van der Waals surface area contributed by atoms with Crippen LogP contribution in [0, 0.1) is 12.7 Å². The summed E-state index contributed by atoms with van der Waals surface area (Å²) in [7, 11) is 0. The second-order valence-corrected chi connectivity index (χ2v) is 8.12. The Kier molecular flexibility index (Phi) is 5.75. The first-order valence-electron chi connectivity index (χ1n) is 10.9. The van der Waals surface area contributed by atoms with Gasteiger partial charge in [0.1, 0.15) is 11.5 Å². The zero-order chi connectivity index (χ0) is 25.4. The van der Waals surface area contributed by atoms with Crippen molar-refractivity contribution >= 4 is 17.2 Å². The molecule has 0 aliphatic rings. The van der Waals surface area contributed by atoms with Gasteiger partial charge in [0.25, 0.3) is 5.91 Å². The molecule has 0 spiro atoms. The van der Waals surface area contributed by atoms with Crippen molar-refractivity contribution in [2.75, 3.05) is 5.32 Å². The quantitative estimate of drug-likeness (QED) is 0.283. The minimum absolute atomic E-state index is 0.173. The number of hydrogen-bond donors (Lipinski definition) is 1. The monoisotopic (exact) mass is 490 g/mol. The van der Waals surface area contributed by atoms with Gasteiger partial charge in [-0.1, -0.05) is 6.07 Å². The standard InChI is InChI=1S/C27H18F4N4O/c1-16-24(18-4-2-12-32-15-18)35-13-3-5-21(25(35)33-16)17-6-11-23(27(29,30)31)22(14-17)26(36)34-20-9-7-19(28)8-10-20/h2-15H,1H3,(H,34,36). The fourth-order valence-corrected chi connectivity index (χ4v) is 4.14. The van der Waals surface area contributed by atoms with Gasteiger partial charge in [-0.25, -0.2) is 9.37 Å². The van der Waals surface area contributed by atoms with Crippen LogP contribution in [0.2, 0.25) is 0 Å². The number of aromatic nitrogens is 3. The van der Waals surface area contributed by atoms with E-state index < -0.39 is 29.0 Å². The predicted molar refractivity (Wildman–Crippen MR) is 128 cm³/mol. The number of rotatable bonds is 4. The number of halogens is 4. The lowest BCUT2D eigenvalue weighted by molar-refractivity contribution is -0.137. The highest BCUT2D eigenvalue weighted by Crippen LogP contribution is 2.36. The minimum Gasteiger partial charge on any atom is -0.322 e. The summed E-state index contributed by atoms with van der Waals surface area (Å²) in [5, 5.41) is 2.42. The third kappa shape index (κ3) is 4.31. The van der Waals surface area contributed by atoms with E-state index in [-0.39, 0.29) is 5.69 Å². The molecule has 36 heavy (non-hydrogen) atoms. The summed E-state index contributed by atoms with van der Waals surface area (Å²) in [6, 6.07) is 15.4. The smallest absolute Gasteiger partial charge is 0.322 e. The Morgan fingerprint density at radius 1 is 0.972 bits per heavy atom. The first-order chi connectivity index (χ1) is 17.2. The fraction of sp³-hybridized carbons (Fsp3) is 0.0741. The molecule has 0 aliphatic heterocycles. The predicted octanol–water partition coefficient (Wildman–Crippen LogP) is 6.78. The van der Waals surface area contributed by atoms with Gasteiger partial charge in [-0.3, -0.25) is 14.2 Å². The third-order valence-electron chi connectivity index (χ3n) is 5.74. The molecule has 5 nitrogen and oxygen atoms in total. The first kappa shape index (κ1) is 23.2. The zero-order valence-corrected chi connectivity index (χ0v) is 18.8. The van der Waals surface area contributed by atoms with Crippen molar-refractivity contribution in [3.05, 3.63) is 108 Å². The van der Waals surface area contributed by atoms with Crippen LogP contribution < -0.4 is 5.32 Å². The number of fused-ring (bicyclic) bond motifs is 1. The van der Waals surface area contributed by atoms with Crippen LogP contribution in [0.1, 0.15) is 21.6 Å². The maximum Gasteiger partial charge on any atom is 0.417 e. The number of aryl methyl sites for hydroxylation is 1. The largest absolute Gasteiger partial charge is 0.417 e. The lowest BCUT2D eigenvalue weighted by atomic mass is 9.98. The van der Waals surface area contributed by atoms with E-state index in [9.17, 15) is 22.4 Å². The Labute approximate surface area is 203 Å². The van der Waals surface area contributed by atoms with Gasteiger partial charge in [0, 0.05) is 35.4 Å². The Morgan fingerprint density at radius 3 is 2.44 bits per heavy atom. The molecular weight excluding hydrogens is 472 g/mol. The Morgan fingerprint density at radius 2 is 1.75 bits per heavy atom. The van der Waals surface area contributed by atoms with Gasteiger partial charge < -0.3 is 5.32 Å². The van der Waals surface area contributed by atoms with Crippen molar-refractivity contribution in [3.63, 3.8) is 0 Å². The topological polar surface area (TPSA) is 59.3 Å². The second-order valence-electron chi connectivity index (χ2n) is 8.12. The lowest BCUT2D eigenvalue weighted by Gasteiger charge is -2.15. The number of carbonyl (C=O) groups excluding carboxylic acids is 1. The number of nitrogens with zero attached hydrogens (tertiary/aromatic N) is 3. The molecule has 9 heteroatoms. The summed E-state index contributed by atoms with van der Waals surface area (Å²) in [6.45, 7) is 1.84. The van der Waals surface area contributed by atoms with Crippen molar-refractivity contribution in [2.24, 2.45) is 0 Å². The summed E-state index contributed by atoms with van der Waals surface area (Å²) < 4.78 is 56.4. The van der Waals surface area contributed by atoms with Gasteiger partial charge in [-0.05, 0) is 73.2 Å². The van der Waals surface area contributed by atoms with Crippen molar-refractivity contribution in [2.45, 2.75) is 13.1 Å². The number of anilines is 1. The molecule has 180 valence electrons. The lowest BCUT2D eigenvalue weighted by Crippen LogP contribution is -2.19. The number of nitrogens with one attached hydrogen (secondary N) is 1. The molecule has 0 saturated heterocycles. The molecule has 1 amide bonds. The average Bonchev–Trinajstić information content (AvgIpc) is 3.20. The maximum absolute atomic E-state index is 13.8. The van der Waals surface area contributed by atoms with E-state index in [1.54, 1.807) is 30.6 Å². The molecule has 0 unspecified atom stereocenters. The number of amides is 1. The molecule has 0 radical (unpaired) electrons. The van der Waals surface area contributed by atoms with E-state index in [0.29, 0.717) is 16.8 Å². The van der Waals surface area contributed by atoms with Crippen molar-refractivity contribution < 1.29 is 22.4 Å². The van der Waals surface area contributed by atoms with Gasteiger partial charge in [0.05, 0.1) is 22.5 Å². The van der Waals surface area contributed by atoms with Gasteiger partial charge >= 0.3 is 6.18 Å². The van der Waals surface area contributed by atoms with Gasteiger partial charge in [0.15, 0.2) is 0 Å². The highest BCUT2D eigenvalue weighted by atomic mass is 19.4. The van der Waals surface area contributed by atoms with Crippen molar-refractivity contribution in [1.82, 2.24) is 14.4 Å². The van der Waals surface area contributed by atoms with Crippen LogP contribution in [-0.2, 0) is 6.18 Å². The highest BCUT2D eigenvalue weighted by Gasteiger charge is 2.35. The van der Waals surface area contributed by atoms with Crippen LogP contribution in [-0.4, -0.2) is 20.3 Å². The number of benzene rings is 2. The molecule has 5 rings (SSSR count). The van der Waals surface area contributed by atoms with E-state index in [1.807, 2.05) is 23.6 Å². The zero-order valence-electron chi connectivity index (χ0n) is 18.8. The van der Waals surface area contributed by atoms with Crippen LogP contribution in [0.3, 0.4) is 0 Å². The molecule has 5 aromatic rings. The van der Waals surface area contributed by atoms with Crippen LogP contribution >= 0.6 is 0 Å². The molecular formula is C27H18F4N4O. The number of hydrogen-bond acceptors (Lipinski definition) is 3. The van der Waals surface area contributed by atoms with Gasteiger partial charge in [-0.2, -0.15) is 13.2 Å². The molecule has 1 N–H and O–H groups in total. The minimum atomic E-state index is -4.75. The molecule has 0 fully saturated rings. The van der Waals surface area contributed by atoms with Crippen molar-refractivity contribution in [1.29, 1.82) is 0 Å². The van der Waals surface area contributed by atoms with E-state index in [2.05, 4.69) is 15.3 Å². The fourth-order valence-electron chi connectivity index (χ4n) is 4.14. The second kappa shape index (κ2) is 8.92. The van der Waals surface area contributed by atoms with E-state index in [4.69, 9.17) is 0 Å². The summed E-state index contributed by atoms with van der Waals surface area (Å²) >= 11 is 0. The molecule has 2 aromatic carbocycles. The summed E-state index contributed by atoms with van der Waals surface area (Å²) in [5.41, 5.74) is 2.38. The van der Waals surface area contributed by atoms with E-state index >= 15 is 0 Å². The average molecular weight is 490 g/mol. The Bertz CT molecular complexity index is 1580. The van der Waals surface area contributed by atoms with Crippen LogP contribution in [0.5, 0.6) is 0 Å². The van der Waals surface area contributed by atoms with Crippen LogP contribution in [0.15, 0.2) is 85.3 Å². The Balaban J connectivity index is 1.63. The number of carbonyl (C=O) groups is 1. The molecule has 0 bridgehead atoms. The molecule has 0 saturated carbocycles. The number of imidazole rings is 1. The number of pyridine rings is 2. The van der Waals surface area contributed by atoms with Crippen LogP contribution in [0.25, 0.3) is 28.0 Å².